The lowest BCUT2D eigenvalue weighted by molar-refractivity contribution is -0.120. The Kier molecular flexibility index (Phi) is 6.67. The molecule has 1 fully saturated rings. The normalized spacial score (nSPS) is 20.6. The summed E-state index contributed by atoms with van der Waals surface area (Å²) in [7, 11) is -1.69. The van der Waals surface area contributed by atoms with Gasteiger partial charge in [-0.1, -0.05) is 42.5 Å². The fourth-order valence-corrected chi connectivity index (χ4v) is 7.72. The molecule has 0 saturated heterocycles. The lowest BCUT2D eigenvalue weighted by Crippen LogP contribution is -2.34. The van der Waals surface area contributed by atoms with E-state index in [1.54, 1.807) is 23.7 Å². The van der Waals surface area contributed by atoms with Crippen molar-refractivity contribution >= 4 is 33.0 Å². The summed E-state index contributed by atoms with van der Waals surface area (Å²) in [5, 5.41) is 1.77. The van der Waals surface area contributed by atoms with Crippen molar-refractivity contribution in [2.75, 3.05) is 4.90 Å². The van der Waals surface area contributed by atoms with Gasteiger partial charge in [-0.15, -0.1) is 11.3 Å². The van der Waals surface area contributed by atoms with Gasteiger partial charge in [0.1, 0.15) is 10.0 Å². The van der Waals surface area contributed by atoms with Crippen LogP contribution in [0.4, 0.5) is 5.69 Å². The molecular formula is C29H30N4O3S2. The summed E-state index contributed by atoms with van der Waals surface area (Å²) in [6, 6.07) is 19.3. The van der Waals surface area contributed by atoms with E-state index >= 15 is 0 Å². The topological polar surface area (TPSA) is 84.3 Å². The van der Waals surface area contributed by atoms with Crippen LogP contribution < -0.4 is 9.62 Å². The highest BCUT2D eigenvalue weighted by atomic mass is 32.2. The van der Waals surface area contributed by atoms with Crippen LogP contribution in [-0.2, 0) is 34.8 Å². The number of aryl methyl sites for hydroxylation is 2. The Balaban J connectivity index is 1.32. The first-order chi connectivity index (χ1) is 18.4. The summed E-state index contributed by atoms with van der Waals surface area (Å²) in [5.41, 5.74) is 4.03. The van der Waals surface area contributed by atoms with Crippen LogP contribution in [0.1, 0.15) is 53.7 Å². The van der Waals surface area contributed by atoms with Crippen molar-refractivity contribution < 1.29 is 13.2 Å². The van der Waals surface area contributed by atoms with Gasteiger partial charge in [0.25, 0.3) is 10.0 Å². The van der Waals surface area contributed by atoms with E-state index in [0.29, 0.717) is 17.2 Å². The number of aromatic nitrogens is 2. The highest BCUT2D eigenvalue weighted by molar-refractivity contribution is 7.91. The molecule has 2 aliphatic carbocycles. The van der Waals surface area contributed by atoms with E-state index in [1.807, 2.05) is 53.0 Å². The average molecular weight is 547 g/mol. The number of anilines is 1. The van der Waals surface area contributed by atoms with Crippen LogP contribution in [-0.4, -0.2) is 23.9 Å². The second-order valence-electron chi connectivity index (χ2n) is 10.1. The van der Waals surface area contributed by atoms with Gasteiger partial charge in [-0.25, -0.2) is 18.1 Å². The zero-order chi connectivity index (χ0) is 26.3. The third-order valence-corrected chi connectivity index (χ3v) is 10.5. The number of thiophene rings is 1. The quantitative estimate of drug-likeness (QED) is 0.330. The predicted octanol–water partition coefficient (Wildman–Crippen LogP) is 5.17. The zero-order valence-electron chi connectivity index (χ0n) is 21.2. The fraction of sp³-hybridized carbons (Fsp3) is 0.310. The molecule has 1 saturated carbocycles. The van der Waals surface area contributed by atoms with Crippen molar-refractivity contribution in [3.8, 4) is 0 Å². The lowest BCUT2D eigenvalue weighted by atomic mass is 9.87. The monoisotopic (exact) mass is 546 g/mol. The Morgan fingerprint density at radius 3 is 2.74 bits per heavy atom. The van der Waals surface area contributed by atoms with Gasteiger partial charge in [0.2, 0.25) is 5.91 Å². The molecule has 1 amide bonds. The van der Waals surface area contributed by atoms with Gasteiger partial charge in [0, 0.05) is 37.1 Å². The number of carbonyl (C=O) groups is 1. The minimum Gasteiger partial charge on any atom is -0.337 e. The summed E-state index contributed by atoms with van der Waals surface area (Å²) < 4.78 is 31.3. The van der Waals surface area contributed by atoms with Gasteiger partial charge < -0.3 is 9.47 Å². The number of hydrogen-bond acceptors (Lipinski definition) is 5. The second-order valence-corrected chi connectivity index (χ2v) is 13.0. The van der Waals surface area contributed by atoms with E-state index in [0.717, 1.165) is 41.9 Å². The molecule has 2 aromatic heterocycles. The van der Waals surface area contributed by atoms with Crippen LogP contribution in [0, 0.1) is 5.92 Å². The maximum absolute atomic E-state index is 13.9. The van der Waals surface area contributed by atoms with Gasteiger partial charge in [-0.2, -0.15) is 0 Å². The number of amides is 1. The molecule has 0 bridgehead atoms. The van der Waals surface area contributed by atoms with E-state index in [1.165, 1.54) is 16.9 Å². The van der Waals surface area contributed by atoms with Crippen molar-refractivity contribution in [2.45, 2.75) is 48.4 Å². The summed E-state index contributed by atoms with van der Waals surface area (Å²) in [6.45, 7) is 0.352. The van der Waals surface area contributed by atoms with Gasteiger partial charge >= 0.3 is 0 Å². The minimum absolute atomic E-state index is 0.0772. The van der Waals surface area contributed by atoms with Crippen LogP contribution in [0.25, 0.3) is 0 Å². The lowest BCUT2D eigenvalue weighted by Gasteiger charge is -2.29. The first-order valence-electron chi connectivity index (χ1n) is 12.9. The number of sulfonamides is 1. The number of fused-ring (bicyclic) bond motifs is 1. The molecule has 9 heteroatoms. The Morgan fingerprint density at radius 1 is 1.16 bits per heavy atom. The van der Waals surface area contributed by atoms with Crippen molar-refractivity contribution in [2.24, 2.45) is 13.0 Å². The first kappa shape index (κ1) is 25.0. The third-order valence-electron chi connectivity index (χ3n) is 7.63. The molecule has 0 aliphatic heterocycles. The van der Waals surface area contributed by atoms with E-state index in [4.69, 9.17) is 0 Å². The zero-order valence-corrected chi connectivity index (χ0v) is 22.8. The number of benzene rings is 2. The standard InChI is InChI=1S/C29H30N4O3S2/c1-32-15-14-30-27(32)19-33(29(34)25-18-23(25)20-7-3-2-4-8-20)22-13-12-21-9-5-10-26(24(21)17-22)31-38(35,36)28-11-6-16-37-28/h2-4,6-8,11-17,23,25-26,31H,5,9-10,18-19H2,1H3/t23-,25+,26+/m0/s1. The van der Waals surface area contributed by atoms with Gasteiger partial charge in [0.05, 0.1) is 6.54 Å². The summed E-state index contributed by atoms with van der Waals surface area (Å²) in [4.78, 5) is 20.2. The number of carbonyl (C=O) groups excluding carboxylic acids is 1. The van der Waals surface area contributed by atoms with E-state index in [-0.39, 0.29) is 23.8 Å². The van der Waals surface area contributed by atoms with Crippen molar-refractivity contribution in [1.82, 2.24) is 14.3 Å². The van der Waals surface area contributed by atoms with E-state index < -0.39 is 10.0 Å². The molecule has 196 valence electrons. The Labute approximate surface area is 227 Å². The number of rotatable bonds is 8. The largest absolute Gasteiger partial charge is 0.337 e. The molecular weight excluding hydrogens is 516 g/mol. The van der Waals surface area contributed by atoms with Crippen LogP contribution in [0.3, 0.4) is 0 Å². The summed E-state index contributed by atoms with van der Waals surface area (Å²) in [6.07, 6.45) is 6.95. The highest BCUT2D eigenvalue weighted by Gasteiger charge is 2.46. The molecule has 0 unspecified atom stereocenters. The average Bonchev–Trinajstić information content (AvgIpc) is 3.30. The third kappa shape index (κ3) is 4.93. The minimum atomic E-state index is -3.62. The van der Waals surface area contributed by atoms with Crippen LogP contribution in [0.15, 0.2) is 82.6 Å². The van der Waals surface area contributed by atoms with Crippen molar-refractivity contribution in [3.05, 3.63) is 101 Å². The summed E-state index contributed by atoms with van der Waals surface area (Å²) >= 11 is 1.21. The molecule has 7 nitrogen and oxygen atoms in total. The summed E-state index contributed by atoms with van der Waals surface area (Å²) in [5.74, 6) is 1.01. The fourth-order valence-electron chi connectivity index (χ4n) is 5.46. The van der Waals surface area contributed by atoms with E-state index in [9.17, 15) is 13.2 Å². The Hall–Kier alpha value is -3.27. The highest BCUT2D eigenvalue weighted by Crippen LogP contribution is 2.49. The maximum Gasteiger partial charge on any atom is 0.250 e. The van der Waals surface area contributed by atoms with Crippen molar-refractivity contribution in [1.29, 1.82) is 0 Å². The molecule has 3 atom stereocenters. The van der Waals surface area contributed by atoms with Gasteiger partial charge in [-0.05, 0) is 71.9 Å². The molecule has 6 rings (SSSR count). The number of nitrogens with one attached hydrogen (secondary N) is 1. The van der Waals surface area contributed by atoms with Crippen LogP contribution in [0.2, 0.25) is 0 Å². The predicted molar refractivity (Wildman–Crippen MR) is 148 cm³/mol. The molecule has 0 radical (unpaired) electrons. The maximum atomic E-state index is 13.9. The van der Waals surface area contributed by atoms with Crippen LogP contribution in [0.5, 0.6) is 0 Å². The Morgan fingerprint density at radius 2 is 2.00 bits per heavy atom. The molecule has 0 spiro atoms. The smallest absolute Gasteiger partial charge is 0.250 e. The molecule has 2 aliphatic rings. The molecule has 2 heterocycles. The number of nitrogens with zero attached hydrogens (tertiary/aromatic N) is 3. The van der Waals surface area contributed by atoms with Gasteiger partial charge in [0.15, 0.2) is 0 Å². The SMILES string of the molecule is Cn1ccnc1CN(C(=O)[C@@H]1C[C@H]1c1ccccc1)c1ccc2c(c1)[C@H](NS(=O)(=O)c1cccs1)CCC2. The second kappa shape index (κ2) is 10.1. The molecule has 38 heavy (non-hydrogen) atoms. The van der Waals surface area contributed by atoms with Crippen molar-refractivity contribution in [3.63, 3.8) is 0 Å². The van der Waals surface area contributed by atoms with Crippen LogP contribution >= 0.6 is 11.3 Å². The Bertz CT molecular complexity index is 1550. The number of imidazole rings is 1. The van der Waals surface area contributed by atoms with E-state index in [2.05, 4.69) is 27.9 Å². The number of hydrogen-bond donors (Lipinski definition) is 1. The first-order valence-corrected chi connectivity index (χ1v) is 15.3. The molecule has 2 aromatic carbocycles. The van der Waals surface area contributed by atoms with Gasteiger partial charge in [-0.3, -0.25) is 4.79 Å². The molecule has 1 N–H and O–H groups in total. The molecule has 4 aromatic rings.